The Hall–Kier alpha value is -3.55. The van der Waals surface area contributed by atoms with Gasteiger partial charge in [-0.1, -0.05) is 18.2 Å². The van der Waals surface area contributed by atoms with Gasteiger partial charge in [-0.15, -0.1) is 5.10 Å². The minimum absolute atomic E-state index is 0.0446. The molecule has 1 heterocycles. The molecule has 2 aromatic carbocycles. The molecule has 0 radical (unpaired) electrons. The van der Waals surface area contributed by atoms with Crippen LogP contribution in [-0.2, 0) is 16.1 Å². The predicted molar refractivity (Wildman–Crippen MR) is 95.6 cm³/mol. The van der Waals surface area contributed by atoms with Crippen molar-refractivity contribution in [2.45, 2.75) is 6.54 Å². The van der Waals surface area contributed by atoms with Gasteiger partial charge in [0.1, 0.15) is 31.3 Å². The second kappa shape index (κ2) is 8.70. The van der Waals surface area contributed by atoms with E-state index in [9.17, 15) is 9.59 Å². The molecule has 0 aliphatic heterocycles. The van der Waals surface area contributed by atoms with E-state index >= 15 is 0 Å². The lowest BCUT2D eigenvalue weighted by Gasteiger charge is -2.07. The number of esters is 1. The van der Waals surface area contributed by atoms with Gasteiger partial charge in [0.25, 0.3) is 0 Å². The summed E-state index contributed by atoms with van der Waals surface area (Å²) in [6.07, 6.45) is 0. The largest absolute Gasteiger partial charge is 0.497 e. The number of ether oxygens (including phenoxy) is 3. The van der Waals surface area contributed by atoms with Gasteiger partial charge in [-0.05, 0) is 36.4 Å². The van der Waals surface area contributed by atoms with Gasteiger partial charge < -0.3 is 18.6 Å². The first kappa shape index (κ1) is 18.2. The van der Waals surface area contributed by atoms with E-state index in [1.165, 1.54) is 0 Å². The van der Waals surface area contributed by atoms with Crippen molar-refractivity contribution in [2.24, 2.45) is 0 Å². The average molecular weight is 370 g/mol. The van der Waals surface area contributed by atoms with E-state index in [1.54, 1.807) is 55.6 Å². The van der Waals surface area contributed by atoms with Gasteiger partial charge in [-0.2, -0.15) is 4.68 Å². The number of methoxy groups -OCH3 is 1. The molecule has 0 fully saturated rings. The van der Waals surface area contributed by atoms with Gasteiger partial charge in [-0.25, -0.2) is 4.79 Å². The molecule has 0 aliphatic rings. The Morgan fingerprint density at radius 2 is 1.74 bits per heavy atom. The fraction of sp³-hybridized carbons (Fsp3) is 0.211. The van der Waals surface area contributed by atoms with Crippen LogP contribution in [0.25, 0.3) is 11.5 Å². The standard InChI is InChI=1S/C19H18N2O6/c1-24-15-7-9-16(10-8-15)25-11-12-26-17(22)13-21-19(23)27-18(20-21)14-5-3-2-4-6-14/h2-10H,11-13H2,1H3. The Morgan fingerprint density at radius 1 is 1.04 bits per heavy atom. The maximum absolute atomic E-state index is 11.9. The highest BCUT2D eigenvalue weighted by molar-refractivity contribution is 5.69. The van der Waals surface area contributed by atoms with Crippen LogP contribution >= 0.6 is 0 Å². The van der Waals surface area contributed by atoms with Crippen LogP contribution in [0.1, 0.15) is 0 Å². The molecule has 0 saturated heterocycles. The fourth-order valence-electron chi connectivity index (χ4n) is 2.26. The van der Waals surface area contributed by atoms with E-state index in [0.29, 0.717) is 11.3 Å². The lowest BCUT2D eigenvalue weighted by Crippen LogP contribution is -2.24. The summed E-state index contributed by atoms with van der Waals surface area (Å²) < 4.78 is 21.5. The van der Waals surface area contributed by atoms with Gasteiger partial charge in [0, 0.05) is 5.56 Å². The van der Waals surface area contributed by atoms with Crippen LogP contribution in [0.3, 0.4) is 0 Å². The average Bonchev–Trinajstić information content (AvgIpc) is 3.07. The van der Waals surface area contributed by atoms with Crippen LogP contribution in [0.5, 0.6) is 11.5 Å². The van der Waals surface area contributed by atoms with Crippen molar-refractivity contribution in [1.82, 2.24) is 9.78 Å². The van der Waals surface area contributed by atoms with Crippen LogP contribution < -0.4 is 15.2 Å². The number of aromatic nitrogens is 2. The zero-order chi connectivity index (χ0) is 19.1. The van der Waals surface area contributed by atoms with Crippen LogP contribution in [0.4, 0.5) is 0 Å². The molecule has 140 valence electrons. The maximum atomic E-state index is 11.9. The Bertz CT molecular complexity index is 931. The van der Waals surface area contributed by atoms with E-state index in [-0.39, 0.29) is 25.6 Å². The Balaban J connectivity index is 1.46. The van der Waals surface area contributed by atoms with E-state index in [0.717, 1.165) is 10.4 Å². The van der Waals surface area contributed by atoms with Crippen LogP contribution in [-0.4, -0.2) is 36.1 Å². The minimum Gasteiger partial charge on any atom is -0.497 e. The maximum Gasteiger partial charge on any atom is 0.437 e. The van der Waals surface area contributed by atoms with E-state index < -0.39 is 11.7 Å². The molecule has 0 aliphatic carbocycles. The van der Waals surface area contributed by atoms with Crippen molar-refractivity contribution >= 4 is 5.97 Å². The highest BCUT2D eigenvalue weighted by atomic mass is 16.6. The SMILES string of the molecule is COc1ccc(OCCOC(=O)Cn2nc(-c3ccccc3)oc2=O)cc1. The summed E-state index contributed by atoms with van der Waals surface area (Å²) in [6, 6.07) is 16.0. The highest BCUT2D eigenvalue weighted by Gasteiger charge is 2.13. The Labute approximate surface area is 154 Å². The number of hydrogen-bond donors (Lipinski definition) is 0. The van der Waals surface area contributed by atoms with Crippen molar-refractivity contribution < 1.29 is 23.4 Å². The second-order valence-corrected chi connectivity index (χ2v) is 5.44. The molecule has 0 bridgehead atoms. The van der Waals surface area contributed by atoms with Crippen molar-refractivity contribution in [3.63, 3.8) is 0 Å². The Morgan fingerprint density at radius 3 is 2.44 bits per heavy atom. The molecule has 0 saturated carbocycles. The van der Waals surface area contributed by atoms with Crippen molar-refractivity contribution in [2.75, 3.05) is 20.3 Å². The molecule has 0 amide bonds. The molecular formula is C19H18N2O6. The van der Waals surface area contributed by atoms with Gasteiger partial charge in [0.15, 0.2) is 0 Å². The third kappa shape index (κ3) is 4.97. The fourth-order valence-corrected chi connectivity index (χ4v) is 2.26. The monoisotopic (exact) mass is 370 g/mol. The summed E-state index contributed by atoms with van der Waals surface area (Å²) >= 11 is 0. The number of hydrogen-bond acceptors (Lipinski definition) is 7. The topological polar surface area (TPSA) is 92.8 Å². The summed E-state index contributed by atoms with van der Waals surface area (Å²) in [6.45, 7) is -0.109. The lowest BCUT2D eigenvalue weighted by atomic mass is 10.2. The van der Waals surface area contributed by atoms with Crippen LogP contribution in [0.2, 0.25) is 0 Å². The number of carbonyl (C=O) groups excluding carboxylic acids is 1. The normalized spacial score (nSPS) is 10.4. The summed E-state index contributed by atoms with van der Waals surface area (Å²) in [5, 5.41) is 4.01. The van der Waals surface area contributed by atoms with Gasteiger partial charge in [0.05, 0.1) is 7.11 Å². The first-order chi connectivity index (χ1) is 13.2. The Kier molecular flexibility index (Phi) is 5.88. The van der Waals surface area contributed by atoms with Crippen molar-refractivity contribution in [1.29, 1.82) is 0 Å². The third-order valence-corrected chi connectivity index (χ3v) is 3.58. The molecule has 8 nitrogen and oxygen atoms in total. The second-order valence-electron chi connectivity index (χ2n) is 5.44. The molecular weight excluding hydrogens is 352 g/mol. The molecule has 0 spiro atoms. The zero-order valence-corrected chi connectivity index (χ0v) is 14.7. The first-order valence-corrected chi connectivity index (χ1v) is 8.21. The highest BCUT2D eigenvalue weighted by Crippen LogP contribution is 2.17. The quantitative estimate of drug-likeness (QED) is 0.443. The minimum atomic E-state index is -0.722. The third-order valence-electron chi connectivity index (χ3n) is 3.58. The summed E-state index contributed by atoms with van der Waals surface area (Å²) in [7, 11) is 1.58. The molecule has 27 heavy (non-hydrogen) atoms. The molecule has 3 aromatic rings. The smallest absolute Gasteiger partial charge is 0.437 e. The van der Waals surface area contributed by atoms with E-state index in [4.69, 9.17) is 18.6 Å². The molecule has 0 N–H and O–H groups in total. The van der Waals surface area contributed by atoms with Crippen LogP contribution in [0, 0.1) is 0 Å². The molecule has 1 aromatic heterocycles. The summed E-state index contributed by atoms with van der Waals surface area (Å²) in [4.78, 5) is 23.7. The lowest BCUT2D eigenvalue weighted by molar-refractivity contribution is -0.145. The first-order valence-electron chi connectivity index (χ1n) is 8.21. The van der Waals surface area contributed by atoms with Crippen molar-refractivity contribution in [3.05, 3.63) is 65.1 Å². The predicted octanol–water partition coefficient (Wildman–Crippen LogP) is 2.13. The molecule has 0 unspecified atom stereocenters. The van der Waals surface area contributed by atoms with Gasteiger partial charge >= 0.3 is 11.7 Å². The van der Waals surface area contributed by atoms with E-state index in [2.05, 4.69) is 5.10 Å². The molecule has 0 atom stereocenters. The van der Waals surface area contributed by atoms with Crippen molar-refractivity contribution in [3.8, 4) is 23.0 Å². The summed E-state index contributed by atoms with van der Waals surface area (Å²) in [5.41, 5.74) is 0.648. The molecule has 8 heteroatoms. The number of nitrogens with zero attached hydrogens (tertiary/aromatic N) is 2. The van der Waals surface area contributed by atoms with Gasteiger partial charge in [-0.3, -0.25) is 4.79 Å². The van der Waals surface area contributed by atoms with Crippen LogP contribution in [0.15, 0.2) is 63.8 Å². The summed E-state index contributed by atoms with van der Waals surface area (Å²) in [5.74, 6) is 0.175. The number of benzene rings is 2. The number of rotatable bonds is 8. The van der Waals surface area contributed by atoms with E-state index in [1.807, 2.05) is 6.07 Å². The number of carbonyl (C=O) groups is 1. The zero-order valence-electron chi connectivity index (χ0n) is 14.7. The molecule has 3 rings (SSSR count). The van der Waals surface area contributed by atoms with Gasteiger partial charge in [0.2, 0.25) is 5.89 Å².